The third-order valence-electron chi connectivity index (χ3n) is 2.53. The number of rotatable bonds is 5. The molecule has 1 aromatic rings. The van der Waals surface area contributed by atoms with E-state index in [0.29, 0.717) is 12.1 Å². The molecule has 4 nitrogen and oxygen atoms in total. The van der Waals surface area contributed by atoms with Crippen molar-refractivity contribution in [2.24, 2.45) is 0 Å². The van der Waals surface area contributed by atoms with Gasteiger partial charge in [0.2, 0.25) is 0 Å². The monoisotopic (exact) mass is 226 g/mol. The van der Waals surface area contributed by atoms with Crippen LogP contribution in [0, 0.1) is 15.9 Å². The Balaban J connectivity index is 3.00. The van der Waals surface area contributed by atoms with Gasteiger partial charge in [0.1, 0.15) is 5.82 Å². The molecule has 0 bridgehead atoms. The van der Waals surface area contributed by atoms with E-state index < -0.39 is 10.7 Å². The second kappa shape index (κ2) is 5.55. The van der Waals surface area contributed by atoms with Crippen molar-refractivity contribution in [2.45, 2.75) is 20.4 Å². The van der Waals surface area contributed by atoms with Crippen LogP contribution >= 0.6 is 0 Å². The standard InChI is InChI=1S/C11H15FN2O2/c1-3-13(4-2)8-9-7-10(12)5-6-11(9)14(15)16/h5-7H,3-4,8H2,1-2H3. The number of nitrogens with zero attached hydrogens (tertiary/aromatic N) is 2. The summed E-state index contributed by atoms with van der Waals surface area (Å²) in [6, 6.07) is 3.56. The van der Waals surface area contributed by atoms with Crippen LogP contribution in [-0.2, 0) is 6.54 Å². The van der Waals surface area contributed by atoms with Gasteiger partial charge in [-0.15, -0.1) is 0 Å². The molecule has 0 N–H and O–H groups in total. The maximum absolute atomic E-state index is 13.0. The van der Waals surface area contributed by atoms with Crippen LogP contribution < -0.4 is 0 Å². The minimum atomic E-state index is -0.474. The van der Waals surface area contributed by atoms with Crippen molar-refractivity contribution in [3.05, 3.63) is 39.7 Å². The second-order valence-corrected chi connectivity index (χ2v) is 3.49. The molecule has 0 aliphatic carbocycles. The summed E-state index contributed by atoms with van der Waals surface area (Å²) in [6.45, 7) is 5.90. The van der Waals surface area contributed by atoms with Crippen LogP contribution in [0.3, 0.4) is 0 Å². The van der Waals surface area contributed by atoms with Crippen molar-refractivity contribution in [1.29, 1.82) is 0 Å². The highest BCUT2D eigenvalue weighted by molar-refractivity contribution is 5.40. The van der Waals surface area contributed by atoms with Crippen LogP contribution in [0.25, 0.3) is 0 Å². The molecule has 0 heterocycles. The van der Waals surface area contributed by atoms with Gasteiger partial charge in [-0.2, -0.15) is 0 Å². The minimum absolute atomic E-state index is 0.0201. The Morgan fingerprint density at radius 2 is 2.00 bits per heavy atom. The van der Waals surface area contributed by atoms with Gasteiger partial charge in [-0.1, -0.05) is 13.8 Å². The zero-order valence-electron chi connectivity index (χ0n) is 9.44. The topological polar surface area (TPSA) is 46.4 Å². The Labute approximate surface area is 93.8 Å². The molecule has 0 radical (unpaired) electrons. The van der Waals surface area contributed by atoms with Gasteiger partial charge in [-0.3, -0.25) is 15.0 Å². The van der Waals surface area contributed by atoms with Crippen molar-refractivity contribution in [3.63, 3.8) is 0 Å². The Morgan fingerprint density at radius 3 is 2.50 bits per heavy atom. The largest absolute Gasteiger partial charge is 0.299 e. The summed E-state index contributed by atoms with van der Waals surface area (Å²) in [6.07, 6.45) is 0. The van der Waals surface area contributed by atoms with E-state index in [0.717, 1.165) is 19.2 Å². The van der Waals surface area contributed by atoms with E-state index in [9.17, 15) is 14.5 Å². The summed E-state index contributed by atoms with van der Waals surface area (Å²) < 4.78 is 13.0. The number of nitro benzene ring substituents is 1. The average Bonchev–Trinajstić information content (AvgIpc) is 2.25. The zero-order valence-corrected chi connectivity index (χ0v) is 9.44. The fourth-order valence-corrected chi connectivity index (χ4v) is 1.55. The van der Waals surface area contributed by atoms with Gasteiger partial charge in [0, 0.05) is 18.2 Å². The van der Waals surface area contributed by atoms with Crippen LogP contribution in [-0.4, -0.2) is 22.9 Å². The number of hydrogen-bond acceptors (Lipinski definition) is 3. The molecule has 0 saturated carbocycles. The van der Waals surface area contributed by atoms with Crippen LogP contribution in [0.5, 0.6) is 0 Å². The van der Waals surface area contributed by atoms with Gasteiger partial charge < -0.3 is 0 Å². The third kappa shape index (κ3) is 3.00. The molecule has 88 valence electrons. The molecule has 0 unspecified atom stereocenters. The van der Waals surface area contributed by atoms with Gasteiger partial charge >= 0.3 is 0 Å². The lowest BCUT2D eigenvalue weighted by Gasteiger charge is -2.17. The molecule has 1 aromatic carbocycles. The normalized spacial score (nSPS) is 10.8. The molecule has 0 fully saturated rings. The SMILES string of the molecule is CCN(CC)Cc1cc(F)ccc1[N+](=O)[O-]. The molecule has 0 aromatic heterocycles. The Morgan fingerprint density at radius 1 is 1.38 bits per heavy atom. The highest BCUT2D eigenvalue weighted by Gasteiger charge is 2.15. The Hall–Kier alpha value is -1.49. The molecule has 16 heavy (non-hydrogen) atoms. The van der Waals surface area contributed by atoms with E-state index in [1.165, 1.54) is 12.1 Å². The minimum Gasteiger partial charge on any atom is -0.299 e. The molecule has 1 rings (SSSR count). The predicted octanol–water partition coefficient (Wildman–Crippen LogP) is 2.58. The van der Waals surface area contributed by atoms with Gasteiger partial charge in [0.25, 0.3) is 5.69 Å². The van der Waals surface area contributed by atoms with Crippen molar-refractivity contribution < 1.29 is 9.31 Å². The van der Waals surface area contributed by atoms with Gasteiger partial charge in [0.05, 0.1) is 4.92 Å². The van der Waals surface area contributed by atoms with Crippen molar-refractivity contribution in [3.8, 4) is 0 Å². The van der Waals surface area contributed by atoms with E-state index in [4.69, 9.17) is 0 Å². The van der Waals surface area contributed by atoms with Gasteiger partial charge in [-0.25, -0.2) is 4.39 Å². The lowest BCUT2D eigenvalue weighted by molar-refractivity contribution is -0.385. The Kier molecular flexibility index (Phi) is 4.37. The summed E-state index contributed by atoms with van der Waals surface area (Å²) in [5.41, 5.74) is 0.405. The molecule has 0 atom stereocenters. The highest BCUT2D eigenvalue weighted by Crippen LogP contribution is 2.21. The number of hydrogen-bond donors (Lipinski definition) is 0. The maximum atomic E-state index is 13.0. The van der Waals surface area contributed by atoms with Crippen LogP contribution in [0.15, 0.2) is 18.2 Å². The first-order valence-electron chi connectivity index (χ1n) is 5.23. The van der Waals surface area contributed by atoms with E-state index in [1.54, 1.807) is 0 Å². The first-order valence-corrected chi connectivity index (χ1v) is 5.23. The van der Waals surface area contributed by atoms with Crippen LogP contribution in [0.2, 0.25) is 0 Å². The maximum Gasteiger partial charge on any atom is 0.274 e. The van der Waals surface area contributed by atoms with E-state index in [2.05, 4.69) is 0 Å². The van der Waals surface area contributed by atoms with E-state index in [-0.39, 0.29) is 5.69 Å². The second-order valence-electron chi connectivity index (χ2n) is 3.49. The van der Waals surface area contributed by atoms with Crippen molar-refractivity contribution in [2.75, 3.05) is 13.1 Å². The zero-order chi connectivity index (χ0) is 12.1. The summed E-state index contributed by atoms with van der Waals surface area (Å²) >= 11 is 0. The first kappa shape index (κ1) is 12.6. The molecule has 0 aliphatic rings. The fourth-order valence-electron chi connectivity index (χ4n) is 1.55. The number of halogens is 1. The summed E-state index contributed by atoms with van der Waals surface area (Å²) in [5.74, 6) is -0.437. The molecule has 0 spiro atoms. The van der Waals surface area contributed by atoms with Crippen LogP contribution in [0.1, 0.15) is 19.4 Å². The predicted molar refractivity (Wildman–Crippen MR) is 59.7 cm³/mol. The van der Waals surface area contributed by atoms with Crippen LogP contribution in [0.4, 0.5) is 10.1 Å². The highest BCUT2D eigenvalue weighted by atomic mass is 19.1. The van der Waals surface area contributed by atoms with E-state index >= 15 is 0 Å². The lowest BCUT2D eigenvalue weighted by atomic mass is 10.1. The fraction of sp³-hybridized carbons (Fsp3) is 0.455. The lowest BCUT2D eigenvalue weighted by Crippen LogP contribution is -2.22. The molecular formula is C11H15FN2O2. The summed E-state index contributed by atoms with van der Waals surface area (Å²) in [4.78, 5) is 12.3. The van der Waals surface area contributed by atoms with Gasteiger partial charge in [-0.05, 0) is 25.2 Å². The molecule has 5 heteroatoms. The Bertz CT molecular complexity index is 378. The summed E-state index contributed by atoms with van der Waals surface area (Å²) in [7, 11) is 0. The summed E-state index contributed by atoms with van der Waals surface area (Å²) in [5, 5.41) is 10.8. The molecular weight excluding hydrogens is 211 g/mol. The van der Waals surface area contributed by atoms with Crippen molar-refractivity contribution >= 4 is 5.69 Å². The van der Waals surface area contributed by atoms with E-state index in [1.807, 2.05) is 18.7 Å². The quantitative estimate of drug-likeness (QED) is 0.572. The number of nitro groups is 1. The molecule has 0 amide bonds. The third-order valence-corrected chi connectivity index (χ3v) is 2.53. The number of benzene rings is 1. The smallest absolute Gasteiger partial charge is 0.274 e. The molecule has 0 aliphatic heterocycles. The van der Waals surface area contributed by atoms with Crippen molar-refractivity contribution in [1.82, 2.24) is 4.90 Å². The average molecular weight is 226 g/mol. The molecule has 0 saturated heterocycles. The first-order chi connectivity index (χ1) is 7.58. The van der Waals surface area contributed by atoms with Gasteiger partial charge in [0.15, 0.2) is 0 Å².